The highest BCUT2D eigenvalue weighted by molar-refractivity contribution is 6.30. The van der Waals surface area contributed by atoms with E-state index in [1.807, 2.05) is 18.2 Å². The number of carbonyl (C=O) groups excluding carboxylic acids is 1. The van der Waals surface area contributed by atoms with Crippen LogP contribution in [-0.4, -0.2) is 29.0 Å². The van der Waals surface area contributed by atoms with Crippen molar-refractivity contribution in [3.05, 3.63) is 76.8 Å². The zero-order valence-corrected chi connectivity index (χ0v) is 16.5. The quantitative estimate of drug-likeness (QED) is 0.674. The first kappa shape index (κ1) is 19.3. The van der Waals surface area contributed by atoms with Gasteiger partial charge in [0.25, 0.3) is 5.91 Å². The number of hydrogen-bond acceptors (Lipinski definition) is 4. The summed E-state index contributed by atoms with van der Waals surface area (Å²) < 4.78 is 13.3. The molecule has 1 saturated heterocycles. The second kappa shape index (κ2) is 8.57. The van der Waals surface area contributed by atoms with Crippen molar-refractivity contribution in [1.29, 1.82) is 0 Å². The van der Waals surface area contributed by atoms with Gasteiger partial charge in [0.05, 0.1) is 5.02 Å². The van der Waals surface area contributed by atoms with E-state index < -0.39 is 5.82 Å². The third-order valence-corrected chi connectivity index (χ3v) is 5.21. The predicted octanol–water partition coefficient (Wildman–Crippen LogP) is 4.47. The molecule has 1 N–H and O–H groups in total. The lowest BCUT2D eigenvalue weighted by atomic mass is 10.1. The van der Waals surface area contributed by atoms with Gasteiger partial charge in [-0.15, -0.1) is 0 Å². The van der Waals surface area contributed by atoms with Crippen LogP contribution in [0.1, 0.15) is 28.8 Å². The second-order valence-corrected chi connectivity index (χ2v) is 7.34. The van der Waals surface area contributed by atoms with Crippen molar-refractivity contribution in [3.63, 3.8) is 0 Å². The predicted molar refractivity (Wildman–Crippen MR) is 111 cm³/mol. The first-order valence-electron chi connectivity index (χ1n) is 9.50. The van der Waals surface area contributed by atoms with Crippen molar-refractivity contribution >= 4 is 23.3 Å². The lowest BCUT2D eigenvalue weighted by Gasteiger charge is -2.19. The second-order valence-electron chi connectivity index (χ2n) is 6.93. The SMILES string of the molecule is O=C(NCc1ccc(F)c(Cl)c1)c1cccc(-c2nccnc2N2CCCC2)c1. The van der Waals surface area contributed by atoms with Crippen molar-refractivity contribution in [3.8, 4) is 11.3 Å². The molecule has 29 heavy (non-hydrogen) atoms. The largest absolute Gasteiger partial charge is 0.355 e. The summed E-state index contributed by atoms with van der Waals surface area (Å²) in [6.07, 6.45) is 5.65. The number of anilines is 1. The van der Waals surface area contributed by atoms with Crippen molar-refractivity contribution in [1.82, 2.24) is 15.3 Å². The molecule has 2 heterocycles. The molecule has 1 amide bonds. The molecule has 0 bridgehead atoms. The first-order valence-corrected chi connectivity index (χ1v) is 9.88. The van der Waals surface area contributed by atoms with Crippen molar-refractivity contribution in [2.24, 2.45) is 0 Å². The average molecular weight is 411 g/mol. The van der Waals surface area contributed by atoms with E-state index in [0.29, 0.717) is 5.56 Å². The van der Waals surface area contributed by atoms with Gasteiger partial charge in [-0.25, -0.2) is 9.37 Å². The van der Waals surface area contributed by atoms with Crippen LogP contribution in [0.2, 0.25) is 5.02 Å². The molecule has 1 fully saturated rings. The number of aromatic nitrogens is 2. The third kappa shape index (κ3) is 4.38. The molecule has 148 valence electrons. The van der Waals surface area contributed by atoms with Gasteiger partial charge in [0, 0.05) is 43.2 Å². The Balaban J connectivity index is 1.53. The van der Waals surface area contributed by atoms with E-state index in [1.54, 1.807) is 24.5 Å². The van der Waals surface area contributed by atoms with E-state index in [9.17, 15) is 9.18 Å². The monoisotopic (exact) mass is 410 g/mol. The van der Waals surface area contributed by atoms with Crippen LogP contribution in [0.25, 0.3) is 11.3 Å². The molecule has 2 aromatic carbocycles. The molecule has 0 radical (unpaired) electrons. The van der Waals surface area contributed by atoms with Crippen LogP contribution in [0, 0.1) is 5.82 Å². The molecule has 0 spiro atoms. The number of rotatable bonds is 5. The molecule has 1 aliphatic heterocycles. The zero-order chi connectivity index (χ0) is 20.2. The Bertz CT molecular complexity index is 1040. The Labute approximate surface area is 173 Å². The molecule has 0 atom stereocenters. The molecule has 0 unspecified atom stereocenters. The van der Waals surface area contributed by atoms with E-state index in [-0.39, 0.29) is 17.5 Å². The molecule has 4 rings (SSSR count). The van der Waals surface area contributed by atoms with E-state index in [4.69, 9.17) is 11.6 Å². The van der Waals surface area contributed by atoms with Gasteiger partial charge in [0.1, 0.15) is 11.5 Å². The van der Waals surface area contributed by atoms with Gasteiger partial charge < -0.3 is 10.2 Å². The van der Waals surface area contributed by atoms with Gasteiger partial charge in [-0.1, -0.05) is 29.8 Å². The number of halogens is 2. The maximum atomic E-state index is 13.3. The topological polar surface area (TPSA) is 58.1 Å². The molecular weight excluding hydrogens is 391 g/mol. The summed E-state index contributed by atoms with van der Waals surface area (Å²) in [5.41, 5.74) is 2.87. The Morgan fingerprint density at radius 3 is 2.69 bits per heavy atom. The van der Waals surface area contributed by atoms with Crippen molar-refractivity contribution < 1.29 is 9.18 Å². The molecular formula is C22H20ClFN4O. The summed E-state index contributed by atoms with van der Waals surface area (Å²) in [5.74, 6) is 0.148. The summed E-state index contributed by atoms with van der Waals surface area (Å²) in [4.78, 5) is 23.9. The Kier molecular flexibility index (Phi) is 5.71. The zero-order valence-electron chi connectivity index (χ0n) is 15.7. The molecule has 0 aliphatic carbocycles. The van der Waals surface area contributed by atoms with Crippen LogP contribution < -0.4 is 10.2 Å². The van der Waals surface area contributed by atoms with E-state index >= 15 is 0 Å². The molecule has 7 heteroatoms. The Morgan fingerprint density at radius 1 is 1.10 bits per heavy atom. The smallest absolute Gasteiger partial charge is 0.251 e. The lowest BCUT2D eigenvalue weighted by Crippen LogP contribution is -2.23. The third-order valence-electron chi connectivity index (χ3n) is 4.92. The summed E-state index contributed by atoms with van der Waals surface area (Å²) in [5, 5.41) is 2.88. The number of hydrogen-bond donors (Lipinski definition) is 1. The number of amides is 1. The van der Waals surface area contributed by atoms with Crippen molar-refractivity contribution in [2.75, 3.05) is 18.0 Å². The summed E-state index contributed by atoms with van der Waals surface area (Å²) in [7, 11) is 0. The fourth-order valence-electron chi connectivity index (χ4n) is 3.44. The average Bonchev–Trinajstić information content (AvgIpc) is 3.29. The van der Waals surface area contributed by atoms with Crippen LogP contribution in [0.3, 0.4) is 0 Å². The van der Waals surface area contributed by atoms with Crippen LogP contribution in [0.15, 0.2) is 54.9 Å². The van der Waals surface area contributed by atoms with Crippen molar-refractivity contribution in [2.45, 2.75) is 19.4 Å². The molecule has 3 aromatic rings. The van der Waals surface area contributed by atoms with E-state index in [2.05, 4.69) is 20.2 Å². The normalized spacial score (nSPS) is 13.5. The van der Waals surface area contributed by atoms with Crippen LogP contribution in [-0.2, 0) is 6.54 Å². The van der Waals surface area contributed by atoms with Gasteiger partial charge in [0.15, 0.2) is 5.82 Å². The number of benzene rings is 2. The maximum Gasteiger partial charge on any atom is 0.251 e. The lowest BCUT2D eigenvalue weighted by molar-refractivity contribution is 0.0951. The molecule has 5 nitrogen and oxygen atoms in total. The van der Waals surface area contributed by atoms with Crippen LogP contribution in [0.5, 0.6) is 0 Å². The minimum atomic E-state index is -0.479. The standard InChI is InChI=1S/C22H20ClFN4O/c23-18-12-15(6-7-19(18)24)14-27-22(29)17-5-3-4-16(13-17)20-21(26-9-8-25-20)28-10-1-2-11-28/h3-9,12-13H,1-2,10-11,14H2,(H,27,29). The van der Waals surface area contributed by atoms with Gasteiger partial charge in [-0.3, -0.25) is 9.78 Å². The summed E-state index contributed by atoms with van der Waals surface area (Å²) in [6.45, 7) is 2.19. The number of carbonyl (C=O) groups is 1. The molecule has 1 aliphatic rings. The highest BCUT2D eigenvalue weighted by Crippen LogP contribution is 2.29. The van der Waals surface area contributed by atoms with Gasteiger partial charge in [-0.2, -0.15) is 0 Å². The maximum absolute atomic E-state index is 13.3. The first-order chi connectivity index (χ1) is 14.1. The van der Waals surface area contributed by atoms with Gasteiger partial charge in [-0.05, 0) is 42.7 Å². The highest BCUT2D eigenvalue weighted by atomic mass is 35.5. The summed E-state index contributed by atoms with van der Waals surface area (Å²) >= 11 is 5.80. The fraction of sp³-hybridized carbons (Fsp3) is 0.227. The molecule has 0 saturated carbocycles. The minimum Gasteiger partial charge on any atom is -0.355 e. The summed E-state index contributed by atoms with van der Waals surface area (Å²) in [6, 6.07) is 11.7. The number of nitrogens with one attached hydrogen (secondary N) is 1. The van der Waals surface area contributed by atoms with E-state index in [0.717, 1.165) is 48.6 Å². The Morgan fingerprint density at radius 2 is 1.90 bits per heavy atom. The Hall–Kier alpha value is -2.99. The van der Waals surface area contributed by atoms with Crippen LogP contribution in [0.4, 0.5) is 10.2 Å². The number of nitrogens with zero attached hydrogens (tertiary/aromatic N) is 3. The molecule has 1 aromatic heterocycles. The fourth-order valence-corrected chi connectivity index (χ4v) is 3.64. The minimum absolute atomic E-state index is 0.0378. The van der Waals surface area contributed by atoms with Gasteiger partial charge >= 0.3 is 0 Å². The highest BCUT2D eigenvalue weighted by Gasteiger charge is 2.19. The van der Waals surface area contributed by atoms with Crippen LogP contribution >= 0.6 is 11.6 Å². The van der Waals surface area contributed by atoms with E-state index in [1.165, 1.54) is 12.1 Å². The van der Waals surface area contributed by atoms with Gasteiger partial charge in [0.2, 0.25) is 0 Å².